The summed E-state index contributed by atoms with van der Waals surface area (Å²) in [7, 11) is 7.37. The second-order valence-corrected chi connectivity index (χ2v) is 6.05. The standard InChI is InChI=1S/C18H25ClN4O2/c1-20-18(23(3)13-15-10-14(19)12-22(15)2)21-8-9-25-17-7-5-6-16(11-17)24-4/h5-7,10-12H,8-9,13H2,1-4H3,(H,20,21). The Balaban J connectivity index is 1.80. The Morgan fingerprint density at radius 2 is 2.08 bits per heavy atom. The molecule has 0 aliphatic heterocycles. The van der Waals surface area contributed by atoms with Gasteiger partial charge in [0.1, 0.15) is 18.1 Å². The normalized spacial score (nSPS) is 11.3. The molecule has 2 rings (SSSR count). The summed E-state index contributed by atoms with van der Waals surface area (Å²) >= 11 is 6.03. The number of guanidine groups is 1. The first kappa shape index (κ1) is 19.0. The van der Waals surface area contributed by atoms with E-state index in [2.05, 4.69) is 10.3 Å². The summed E-state index contributed by atoms with van der Waals surface area (Å²) in [5, 5.41) is 4.03. The number of hydrogen-bond acceptors (Lipinski definition) is 3. The molecule has 0 aliphatic rings. The van der Waals surface area contributed by atoms with Crippen molar-refractivity contribution in [1.29, 1.82) is 0 Å². The molecule has 136 valence electrons. The minimum Gasteiger partial charge on any atom is -0.497 e. The average Bonchev–Trinajstić information content (AvgIpc) is 2.92. The molecule has 0 fully saturated rings. The van der Waals surface area contributed by atoms with Crippen LogP contribution < -0.4 is 14.8 Å². The molecule has 1 aromatic carbocycles. The van der Waals surface area contributed by atoms with E-state index in [0.717, 1.165) is 28.2 Å². The van der Waals surface area contributed by atoms with Crippen molar-refractivity contribution in [1.82, 2.24) is 14.8 Å². The maximum atomic E-state index is 6.03. The highest BCUT2D eigenvalue weighted by molar-refractivity contribution is 6.30. The van der Waals surface area contributed by atoms with Crippen LogP contribution in [0.1, 0.15) is 5.69 Å². The minimum atomic E-state index is 0.524. The Bertz CT molecular complexity index is 715. The minimum absolute atomic E-state index is 0.524. The fourth-order valence-electron chi connectivity index (χ4n) is 2.45. The lowest BCUT2D eigenvalue weighted by atomic mass is 10.3. The molecule has 0 saturated heterocycles. The summed E-state index contributed by atoms with van der Waals surface area (Å²) in [5.74, 6) is 2.36. The van der Waals surface area contributed by atoms with Crippen LogP contribution in [-0.2, 0) is 13.6 Å². The van der Waals surface area contributed by atoms with E-state index in [1.54, 1.807) is 14.2 Å². The smallest absolute Gasteiger partial charge is 0.193 e. The molecule has 0 saturated carbocycles. The van der Waals surface area contributed by atoms with Crippen LogP contribution in [0.2, 0.25) is 5.02 Å². The van der Waals surface area contributed by atoms with Gasteiger partial charge in [0.15, 0.2) is 5.96 Å². The van der Waals surface area contributed by atoms with Gasteiger partial charge in [0.25, 0.3) is 0 Å². The number of aryl methyl sites for hydroxylation is 1. The van der Waals surface area contributed by atoms with Crippen molar-refractivity contribution in [2.75, 3.05) is 34.4 Å². The molecule has 7 heteroatoms. The number of aromatic nitrogens is 1. The van der Waals surface area contributed by atoms with Crippen molar-refractivity contribution in [3.05, 3.63) is 47.2 Å². The maximum Gasteiger partial charge on any atom is 0.193 e. The fraction of sp³-hybridized carbons (Fsp3) is 0.389. The van der Waals surface area contributed by atoms with Crippen LogP contribution in [0, 0.1) is 0 Å². The summed E-state index contributed by atoms with van der Waals surface area (Å²) in [5.41, 5.74) is 1.11. The molecule has 0 radical (unpaired) electrons. The van der Waals surface area contributed by atoms with Gasteiger partial charge >= 0.3 is 0 Å². The first-order chi connectivity index (χ1) is 12.0. The molecule has 2 aromatic rings. The van der Waals surface area contributed by atoms with Crippen molar-refractivity contribution >= 4 is 17.6 Å². The first-order valence-electron chi connectivity index (χ1n) is 8.03. The Kier molecular flexibility index (Phi) is 7.01. The third-order valence-corrected chi connectivity index (χ3v) is 3.95. The Hall–Kier alpha value is -2.34. The Morgan fingerprint density at radius 3 is 2.72 bits per heavy atom. The van der Waals surface area contributed by atoms with E-state index >= 15 is 0 Å². The van der Waals surface area contributed by atoms with E-state index in [9.17, 15) is 0 Å². The van der Waals surface area contributed by atoms with Gasteiger partial charge in [-0.2, -0.15) is 0 Å². The van der Waals surface area contributed by atoms with Crippen LogP contribution in [0.25, 0.3) is 0 Å². The summed E-state index contributed by atoms with van der Waals surface area (Å²) in [4.78, 5) is 6.35. The second-order valence-electron chi connectivity index (χ2n) is 5.62. The van der Waals surface area contributed by atoms with Crippen LogP contribution in [0.5, 0.6) is 11.5 Å². The number of aliphatic imine (C=N–C) groups is 1. The number of hydrogen-bond donors (Lipinski definition) is 1. The number of nitrogens with zero attached hydrogens (tertiary/aromatic N) is 3. The zero-order chi connectivity index (χ0) is 18.2. The molecule has 0 aliphatic carbocycles. The zero-order valence-corrected chi connectivity index (χ0v) is 15.9. The molecule has 1 heterocycles. The molecule has 1 aromatic heterocycles. The van der Waals surface area contributed by atoms with Crippen LogP contribution in [0.15, 0.2) is 41.5 Å². The summed E-state index contributed by atoms with van der Waals surface area (Å²) in [6.45, 7) is 1.87. The quantitative estimate of drug-likeness (QED) is 0.466. The predicted octanol–water partition coefficient (Wildman–Crippen LogP) is 2.77. The van der Waals surface area contributed by atoms with E-state index < -0.39 is 0 Å². The van der Waals surface area contributed by atoms with Crippen molar-refractivity contribution in [2.45, 2.75) is 6.54 Å². The summed E-state index contributed by atoms with van der Waals surface area (Å²) in [6, 6.07) is 9.51. The molecular formula is C18H25ClN4O2. The van der Waals surface area contributed by atoms with Gasteiger partial charge in [-0.05, 0) is 18.2 Å². The fourth-order valence-corrected chi connectivity index (χ4v) is 2.72. The van der Waals surface area contributed by atoms with Gasteiger partial charge in [0, 0.05) is 39.1 Å². The molecule has 0 amide bonds. The third kappa shape index (κ3) is 5.60. The average molecular weight is 365 g/mol. The first-order valence-corrected chi connectivity index (χ1v) is 8.40. The van der Waals surface area contributed by atoms with Gasteiger partial charge in [-0.3, -0.25) is 4.99 Å². The lowest BCUT2D eigenvalue weighted by Gasteiger charge is -2.22. The van der Waals surface area contributed by atoms with Crippen LogP contribution >= 0.6 is 11.6 Å². The highest BCUT2D eigenvalue weighted by atomic mass is 35.5. The molecular weight excluding hydrogens is 340 g/mol. The monoisotopic (exact) mass is 364 g/mol. The highest BCUT2D eigenvalue weighted by Gasteiger charge is 2.09. The van der Waals surface area contributed by atoms with Gasteiger partial charge < -0.3 is 24.3 Å². The van der Waals surface area contributed by atoms with Gasteiger partial charge in [-0.25, -0.2) is 0 Å². The Morgan fingerprint density at radius 1 is 1.32 bits per heavy atom. The number of benzene rings is 1. The van der Waals surface area contributed by atoms with Gasteiger partial charge in [0.05, 0.1) is 25.2 Å². The number of rotatable bonds is 7. The lowest BCUT2D eigenvalue weighted by Crippen LogP contribution is -2.40. The van der Waals surface area contributed by atoms with Gasteiger partial charge in [-0.1, -0.05) is 17.7 Å². The molecule has 0 spiro atoms. The van der Waals surface area contributed by atoms with E-state index in [0.29, 0.717) is 19.7 Å². The lowest BCUT2D eigenvalue weighted by molar-refractivity contribution is 0.316. The number of nitrogens with one attached hydrogen (secondary N) is 1. The zero-order valence-electron chi connectivity index (χ0n) is 15.1. The maximum absolute atomic E-state index is 6.03. The number of methoxy groups -OCH3 is 1. The summed E-state index contributed by atoms with van der Waals surface area (Å²) in [6.07, 6.45) is 1.89. The predicted molar refractivity (Wildman–Crippen MR) is 102 cm³/mol. The van der Waals surface area contributed by atoms with Crippen LogP contribution in [-0.4, -0.2) is 49.8 Å². The number of halogens is 1. The third-order valence-electron chi connectivity index (χ3n) is 3.74. The highest BCUT2D eigenvalue weighted by Crippen LogP contribution is 2.18. The molecule has 6 nitrogen and oxygen atoms in total. The molecule has 0 atom stereocenters. The molecule has 0 bridgehead atoms. The Labute approximate surface area is 154 Å². The molecule has 25 heavy (non-hydrogen) atoms. The second kappa shape index (κ2) is 9.22. The van der Waals surface area contributed by atoms with Crippen molar-refractivity contribution in [3.63, 3.8) is 0 Å². The summed E-state index contributed by atoms with van der Waals surface area (Å²) < 4.78 is 12.9. The van der Waals surface area contributed by atoms with Crippen LogP contribution in [0.3, 0.4) is 0 Å². The molecule has 1 N–H and O–H groups in total. The van der Waals surface area contributed by atoms with Crippen molar-refractivity contribution in [3.8, 4) is 11.5 Å². The SMILES string of the molecule is CN=C(NCCOc1cccc(OC)c1)N(C)Cc1cc(Cl)cn1C. The van der Waals surface area contributed by atoms with E-state index in [1.165, 1.54) is 0 Å². The van der Waals surface area contributed by atoms with E-state index in [-0.39, 0.29) is 0 Å². The van der Waals surface area contributed by atoms with Crippen LogP contribution in [0.4, 0.5) is 0 Å². The molecule has 0 unspecified atom stereocenters. The van der Waals surface area contributed by atoms with Gasteiger partial charge in [-0.15, -0.1) is 0 Å². The largest absolute Gasteiger partial charge is 0.497 e. The van der Waals surface area contributed by atoms with E-state index in [1.807, 2.05) is 60.1 Å². The van der Waals surface area contributed by atoms with Gasteiger partial charge in [0.2, 0.25) is 0 Å². The van der Waals surface area contributed by atoms with Crippen molar-refractivity contribution < 1.29 is 9.47 Å². The van der Waals surface area contributed by atoms with E-state index in [4.69, 9.17) is 21.1 Å². The number of ether oxygens (including phenoxy) is 2. The van der Waals surface area contributed by atoms with Crippen molar-refractivity contribution in [2.24, 2.45) is 12.0 Å². The topological polar surface area (TPSA) is 51.0 Å².